The molecule has 3 rings (SSSR count). The molecule has 0 radical (unpaired) electrons. The molecule has 1 saturated heterocycles. The number of hydrogen-bond donors (Lipinski definition) is 1. The minimum Gasteiger partial charge on any atom is -0.480 e. The standard InChI is InChI=1S/C12H10O4/c13-10(14)12-8(6-16-11(12)15)9(12)7-4-2-1-3-5-7/h1-5,8-9H,6H2,(H,13,14)/t8?,9-,12?/m1/s1. The number of aliphatic carboxylic acids is 1. The minimum atomic E-state index is -1.30. The van der Waals surface area contributed by atoms with Gasteiger partial charge in [0.1, 0.15) is 0 Å². The Morgan fingerprint density at radius 2 is 2.06 bits per heavy atom. The second-order valence-electron chi connectivity index (χ2n) is 4.27. The van der Waals surface area contributed by atoms with Gasteiger partial charge in [-0.2, -0.15) is 0 Å². The molecule has 0 spiro atoms. The van der Waals surface area contributed by atoms with Gasteiger partial charge in [0.2, 0.25) is 0 Å². The lowest BCUT2D eigenvalue weighted by molar-refractivity contribution is -0.156. The van der Waals surface area contributed by atoms with E-state index in [-0.39, 0.29) is 18.4 Å². The van der Waals surface area contributed by atoms with Crippen molar-refractivity contribution in [3.05, 3.63) is 35.9 Å². The minimum absolute atomic E-state index is 0.195. The lowest BCUT2D eigenvalue weighted by atomic mass is 9.99. The predicted molar refractivity (Wildman–Crippen MR) is 53.7 cm³/mol. The summed E-state index contributed by atoms with van der Waals surface area (Å²) in [4.78, 5) is 22.8. The van der Waals surface area contributed by atoms with Gasteiger partial charge in [0.05, 0.1) is 6.61 Å². The second kappa shape index (κ2) is 2.84. The van der Waals surface area contributed by atoms with Crippen LogP contribution in [0.5, 0.6) is 0 Å². The monoisotopic (exact) mass is 218 g/mol. The number of carbonyl (C=O) groups is 2. The van der Waals surface area contributed by atoms with Crippen molar-refractivity contribution in [2.24, 2.45) is 11.3 Å². The van der Waals surface area contributed by atoms with E-state index in [4.69, 9.17) is 4.74 Å². The number of carboxylic acid groups (broad SMARTS) is 1. The lowest BCUT2D eigenvalue weighted by Crippen LogP contribution is -2.26. The number of cyclic esters (lactones) is 1. The first kappa shape index (κ1) is 9.39. The van der Waals surface area contributed by atoms with Crippen molar-refractivity contribution in [1.29, 1.82) is 0 Å². The smallest absolute Gasteiger partial charge is 0.324 e. The van der Waals surface area contributed by atoms with Crippen LogP contribution in [0.4, 0.5) is 0 Å². The van der Waals surface area contributed by atoms with Gasteiger partial charge in [-0.3, -0.25) is 9.59 Å². The molecule has 2 aliphatic rings. The molecule has 82 valence electrons. The van der Waals surface area contributed by atoms with Crippen molar-refractivity contribution in [3.8, 4) is 0 Å². The number of rotatable bonds is 2. The zero-order valence-corrected chi connectivity index (χ0v) is 8.42. The number of ether oxygens (including phenoxy) is 1. The summed E-state index contributed by atoms with van der Waals surface area (Å²) in [6.45, 7) is 0.227. The first-order valence-electron chi connectivity index (χ1n) is 5.14. The van der Waals surface area contributed by atoms with E-state index < -0.39 is 17.4 Å². The summed E-state index contributed by atoms with van der Waals surface area (Å²) in [6, 6.07) is 9.30. The highest BCUT2D eigenvalue weighted by atomic mass is 16.5. The van der Waals surface area contributed by atoms with Crippen LogP contribution in [0.25, 0.3) is 0 Å². The van der Waals surface area contributed by atoms with Crippen LogP contribution in [0.15, 0.2) is 30.3 Å². The molecule has 1 heterocycles. The summed E-state index contributed by atoms with van der Waals surface area (Å²) in [5, 5.41) is 9.22. The van der Waals surface area contributed by atoms with Crippen LogP contribution in [0.3, 0.4) is 0 Å². The number of esters is 1. The van der Waals surface area contributed by atoms with Crippen LogP contribution in [-0.2, 0) is 14.3 Å². The largest absolute Gasteiger partial charge is 0.480 e. The van der Waals surface area contributed by atoms with Crippen molar-refractivity contribution in [2.45, 2.75) is 5.92 Å². The van der Waals surface area contributed by atoms with Crippen molar-refractivity contribution in [1.82, 2.24) is 0 Å². The molecule has 4 nitrogen and oxygen atoms in total. The van der Waals surface area contributed by atoms with Crippen LogP contribution in [0.2, 0.25) is 0 Å². The van der Waals surface area contributed by atoms with Gasteiger partial charge in [-0.15, -0.1) is 0 Å². The SMILES string of the molecule is O=C(O)C12C(=O)OCC1[C@H]2c1ccccc1. The molecule has 1 aromatic rings. The molecule has 0 amide bonds. The van der Waals surface area contributed by atoms with E-state index in [1.54, 1.807) is 0 Å². The Balaban J connectivity index is 2.03. The molecule has 1 aliphatic heterocycles. The van der Waals surface area contributed by atoms with Crippen molar-refractivity contribution in [3.63, 3.8) is 0 Å². The summed E-state index contributed by atoms with van der Waals surface area (Å²) in [5.74, 6) is -2.06. The summed E-state index contributed by atoms with van der Waals surface area (Å²) in [6.07, 6.45) is 0. The summed E-state index contributed by atoms with van der Waals surface area (Å²) in [7, 11) is 0. The fourth-order valence-corrected chi connectivity index (χ4v) is 2.79. The second-order valence-corrected chi connectivity index (χ2v) is 4.27. The molecule has 2 fully saturated rings. The maximum Gasteiger partial charge on any atom is 0.324 e. The number of carbonyl (C=O) groups excluding carboxylic acids is 1. The summed E-state index contributed by atoms with van der Waals surface area (Å²) < 4.78 is 4.81. The van der Waals surface area contributed by atoms with E-state index in [1.807, 2.05) is 30.3 Å². The maximum absolute atomic E-state index is 11.6. The highest BCUT2D eigenvalue weighted by molar-refractivity contribution is 6.06. The molecule has 4 heteroatoms. The Morgan fingerprint density at radius 1 is 1.38 bits per heavy atom. The fraction of sp³-hybridized carbons (Fsp3) is 0.333. The van der Waals surface area contributed by atoms with E-state index in [0.717, 1.165) is 5.56 Å². The third-order valence-corrected chi connectivity index (χ3v) is 3.61. The molecule has 3 atom stereocenters. The van der Waals surface area contributed by atoms with Crippen LogP contribution < -0.4 is 0 Å². The molecule has 1 saturated carbocycles. The number of hydrogen-bond acceptors (Lipinski definition) is 3. The van der Waals surface area contributed by atoms with Crippen LogP contribution in [0, 0.1) is 11.3 Å². The summed E-state index contributed by atoms with van der Waals surface area (Å²) >= 11 is 0. The number of benzene rings is 1. The van der Waals surface area contributed by atoms with E-state index in [0.29, 0.717) is 0 Å². The molecular formula is C12H10O4. The van der Waals surface area contributed by atoms with E-state index >= 15 is 0 Å². The maximum atomic E-state index is 11.6. The molecule has 0 bridgehead atoms. The molecule has 2 unspecified atom stereocenters. The van der Waals surface area contributed by atoms with E-state index in [1.165, 1.54) is 0 Å². The van der Waals surface area contributed by atoms with E-state index in [2.05, 4.69) is 0 Å². The molecule has 16 heavy (non-hydrogen) atoms. The topological polar surface area (TPSA) is 63.6 Å². The van der Waals surface area contributed by atoms with Gasteiger partial charge in [0.25, 0.3) is 0 Å². The Morgan fingerprint density at radius 3 is 2.62 bits per heavy atom. The van der Waals surface area contributed by atoms with Gasteiger partial charge >= 0.3 is 11.9 Å². The highest BCUT2D eigenvalue weighted by Gasteiger charge is 2.79. The first-order chi connectivity index (χ1) is 7.69. The average molecular weight is 218 g/mol. The van der Waals surface area contributed by atoms with Gasteiger partial charge in [0.15, 0.2) is 5.41 Å². The highest BCUT2D eigenvalue weighted by Crippen LogP contribution is 2.68. The zero-order chi connectivity index (χ0) is 11.3. The molecule has 1 aromatic carbocycles. The van der Waals surface area contributed by atoms with Crippen molar-refractivity contribution < 1.29 is 19.4 Å². The number of fused-ring (bicyclic) bond motifs is 1. The van der Waals surface area contributed by atoms with Crippen molar-refractivity contribution >= 4 is 11.9 Å². The molecule has 1 aliphatic carbocycles. The fourth-order valence-electron chi connectivity index (χ4n) is 2.79. The van der Waals surface area contributed by atoms with Crippen molar-refractivity contribution in [2.75, 3.05) is 6.61 Å². The van der Waals surface area contributed by atoms with Gasteiger partial charge < -0.3 is 9.84 Å². The Bertz CT molecular complexity index is 467. The van der Waals surface area contributed by atoms with Crippen LogP contribution in [0.1, 0.15) is 11.5 Å². The Hall–Kier alpha value is -1.84. The van der Waals surface area contributed by atoms with Gasteiger partial charge in [-0.1, -0.05) is 30.3 Å². The average Bonchev–Trinajstić information content (AvgIpc) is 2.86. The lowest BCUT2D eigenvalue weighted by Gasteiger charge is -2.08. The molecule has 1 N–H and O–H groups in total. The normalized spacial score (nSPS) is 35.4. The quantitative estimate of drug-likeness (QED) is 0.594. The number of carboxylic acids is 1. The Labute approximate surface area is 91.8 Å². The Kier molecular flexibility index (Phi) is 1.67. The first-order valence-corrected chi connectivity index (χ1v) is 5.14. The van der Waals surface area contributed by atoms with Gasteiger partial charge in [0, 0.05) is 11.8 Å². The third-order valence-electron chi connectivity index (χ3n) is 3.61. The van der Waals surface area contributed by atoms with Gasteiger partial charge in [-0.25, -0.2) is 0 Å². The van der Waals surface area contributed by atoms with E-state index in [9.17, 15) is 14.7 Å². The summed E-state index contributed by atoms with van der Waals surface area (Å²) in [5.41, 5.74) is -0.395. The zero-order valence-electron chi connectivity index (χ0n) is 8.42. The van der Waals surface area contributed by atoms with Crippen LogP contribution in [-0.4, -0.2) is 23.7 Å². The van der Waals surface area contributed by atoms with Gasteiger partial charge in [-0.05, 0) is 5.56 Å². The van der Waals surface area contributed by atoms with Crippen LogP contribution >= 0.6 is 0 Å². The molecular weight excluding hydrogens is 208 g/mol. The third kappa shape index (κ3) is 0.894. The predicted octanol–water partition coefficient (Wildman–Crippen LogP) is 1.03. The molecule has 0 aromatic heterocycles.